The lowest BCUT2D eigenvalue weighted by Gasteiger charge is -2.23. The molecule has 0 saturated carbocycles. The highest BCUT2D eigenvalue weighted by Crippen LogP contribution is 2.25. The molecule has 0 aromatic heterocycles. The van der Waals surface area contributed by atoms with Gasteiger partial charge in [-0.25, -0.2) is 0 Å². The Morgan fingerprint density at radius 3 is 2.50 bits per heavy atom. The minimum atomic E-state index is -0.859. The molecule has 0 spiro atoms. The van der Waals surface area contributed by atoms with Crippen molar-refractivity contribution in [3.05, 3.63) is 63.6 Å². The number of halogens is 2. The summed E-state index contributed by atoms with van der Waals surface area (Å²) in [5, 5.41) is 9.69. The molecule has 0 atom stereocenters. The average molecular weight is 355 g/mol. The van der Waals surface area contributed by atoms with Crippen LogP contribution < -0.4 is 4.90 Å². The normalized spacial score (nSPS) is 10.3. The van der Waals surface area contributed by atoms with E-state index in [-0.39, 0.29) is 6.54 Å². The molecule has 3 nitrogen and oxygen atoms in total. The van der Waals surface area contributed by atoms with Crippen molar-refractivity contribution in [1.29, 1.82) is 0 Å². The molecule has 2 rings (SSSR count). The first-order valence-corrected chi connectivity index (χ1v) is 7.19. The number of aliphatic carboxylic acids is 1. The largest absolute Gasteiger partial charge is 0.480 e. The fraction of sp³-hybridized carbons (Fsp3) is 0.133. The summed E-state index contributed by atoms with van der Waals surface area (Å²) in [4.78, 5) is 12.8. The van der Waals surface area contributed by atoms with Gasteiger partial charge in [0.15, 0.2) is 0 Å². The van der Waals surface area contributed by atoms with Crippen molar-refractivity contribution in [2.45, 2.75) is 6.54 Å². The number of hydrogen-bond donors (Lipinski definition) is 1. The second-order valence-electron chi connectivity index (χ2n) is 4.33. The van der Waals surface area contributed by atoms with Gasteiger partial charge in [-0.2, -0.15) is 0 Å². The predicted molar refractivity (Wildman–Crippen MR) is 84.3 cm³/mol. The van der Waals surface area contributed by atoms with E-state index >= 15 is 0 Å². The van der Waals surface area contributed by atoms with Gasteiger partial charge in [0.05, 0.1) is 5.02 Å². The van der Waals surface area contributed by atoms with Gasteiger partial charge in [-0.05, 0) is 45.8 Å². The maximum absolute atomic E-state index is 11.0. The number of para-hydroxylation sites is 1. The molecule has 0 saturated heterocycles. The van der Waals surface area contributed by atoms with Gasteiger partial charge >= 0.3 is 5.97 Å². The van der Waals surface area contributed by atoms with E-state index in [4.69, 9.17) is 16.7 Å². The Labute approximate surface area is 130 Å². The van der Waals surface area contributed by atoms with E-state index in [1.54, 1.807) is 11.0 Å². The molecule has 0 heterocycles. The van der Waals surface area contributed by atoms with E-state index in [0.717, 1.165) is 15.7 Å². The van der Waals surface area contributed by atoms with Crippen LogP contribution in [0.25, 0.3) is 0 Å². The first kappa shape index (κ1) is 14.9. The quantitative estimate of drug-likeness (QED) is 0.875. The van der Waals surface area contributed by atoms with Crippen molar-refractivity contribution in [3.8, 4) is 0 Å². The second-order valence-corrected chi connectivity index (χ2v) is 5.60. The molecule has 0 aliphatic carbocycles. The van der Waals surface area contributed by atoms with Crippen molar-refractivity contribution in [3.63, 3.8) is 0 Å². The smallest absolute Gasteiger partial charge is 0.323 e. The van der Waals surface area contributed by atoms with Crippen LogP contribution >= 0.6 is 27.5 Å². The van der Waals surface area contributed by atoms with Crippen LogP contribution in [-0.4, -0.2) is 17.6 Å². The Kier molecular flexibility index (Phi) is 5.04. The lowest BCUT2D eigenvalue weighted by Crippen LogP contribution is -2.29. The topological polar surface area (TPSA) is 40.5 Å². The van der Waals surface area contributed by atoms with Crippen LogP contribution in [-0.2, 0) is 11.3 Å². The van der Waals surface area contributed by atoms with E-state index < -0.39 is 5.97 Å². The highest BCUT2D eigenvalue weighted by atomic mass is 79.9. The average Bonchev–Trinajstić information content (AvgIpc) is 2.43. The molecule has 0 bridgehead atoms. The number of nitrogens with zero attached hydrogens (tertiary/aromatic N) is 1. The van der Waals surface area contributed by atoms with E-state index in [1.807, 2.05) is 42.5 Å². The van der Waals surface area contributed by atoms with Crippen LogP contribution in [0, 0.1) is 0 Å². The number of anilines is 1. The van der Waals surface area contributed by atoms with Crippen molar-refractivity contribution < 1.29 is 9.90 Å². The molecular formula is C15H13BrClNO2. The van der Waals surface area contributed by atoms with Crippen LogP contribution in [0.1, 0.15) is 5.56 Å². The van der Waals surface area contributed by atoms with Crippen molar-refractivity contribution >= 4 is 39.2 Å². The summed E-state index contributed by atoms with van der Waals surface area (Å²) < 4.78 is 0.806. The second kappa shape index (κ2) is 6.77. The SMILES string of the molecule is O=C(O)CN(Cc1ccc(Cl)c(Br)c1)c1ccccc1. The fourth-order valence-electron chi connectivity index (χ4n) is 1.90. The minimum absolute atomic E-state index is 0.0513. The lowest BCUT2D eigenvalue weighted by atomic mass is 10.2. The van der Waals surface area contributed by atoms with Crippen LogP contribution in [0.15, 0.2) is 53.0 Å². The molecule has 0 amide bonds. The molecule has 0 radical (unpaired) electrons. The minimum Gasteiger partial charge on any atom is -0.480 e. The molecule has 2 aromatic rings. The van der Waals surface area contributed by atoms with Crippen molar-refractivity contribution in [2.24, 2.45) is 0 Å². The van der Waals surface area contributed by atoms with Crippen LogP contribution in [0.4, 0.5) is 5.69 Å². The first-order valence-electron chi connectivity index (χ1n) is 6.02. The zero-order valence-electron chi connectivity index (χ0n) is 10.6. The zero-order valence-corrected chi connectivity index (χ0v) is 12.9. The number of carboxylic acids is 1. The molecule has 5 heteroatoms. The highest BCUT2D eigenvalue weighted by molar-refractivity contribution is 9.10. The molecular weight excluding hydrogens is 342 g/mol. The summed E-state index contributed by atoms with van der Waals surface area (Å²) in [7, 11) is 0. The molecule has 2 aromatic carbocycles. The van der Waals surface area contributed by atoms with Crippen molar-refractivity contribution in [1.82, 2.24) is 0 Å². The van der Waals surface area contributed by atoms with Gasteiger partial charge in [-0.3, -0.25) is 4.79 Å². The third-order valence-corrected chi connectivity index (χ3v) is 4.02. The summed E-state index contributed by atoms with van der Waals surface area (Å²) in [6.07, 6.45) is 0. The number of rotatable bonds is 5. The Bertz CT molecular complexity index is 604. The van der Waals surface area contributed by atoms with Gasteiger partial charge in [-0.1, -0.05) is 35.9 Å². The van der Waals surface area contributed by atoms with E-state index in [9.17, 15) is 4.79 Å². The fourth-order valence-corrected chi connectivity index (χ4v) is 2.44. The van der Waals surface area contributed by atoms with Gasteiger partial charge in [0.25, 0.3) is 0 Å². The highest BCUT2D eigenvalue weighted by Gasteiger charge is 2.11. The molecule has 0 fully saturated rings. The standard InChI is InChI=1S/C15H13BrClNO2/c16-13-8-11(6-7-14(13)17)9-18(10-15(19)20)12-4-2-1-3-5-12/h1-8H,9-10H2,(H,19,20). The van der Waals surface area contributed by atoms with E-state index in [0.29, 0.717) is 11.6 Å². The Morgan fingerprint density at radius 1 is 1.20 bits per heavy atom. The van der Waals surface area contributed by atoms with Crippen LogP contribution in [0.5, 0.6) is 0 Å². The van der Waals surface area contributed by atoms with Gasteiger partial charge in [-0.15, -0.1) is 0 Å². The third kappa shape index (κ3) is 3.99. The Hall–Kier alpha value is -1.52. The maximum atomic E-state index is 11.0. The number of benzene rings is 2. The molecule has 0 aliphatic heterocycles. The van der Waals surface area contributed by atoms with E-state index in [2.05, 4.69) is 15.9 Å². The Morgan fingerprint density at radius 2 is 1.90 bits per heavy atom. The number of hydrogen-bond acceptors (Lipinski definition) is 2. The monoisotopic (exact) mass is 353 g/mol. The zero-order chi connectivity index (χ0) is 14.5. The predicted octanol–water partition coefficient (Wildman–Crippen LogP) is 4.19. The number of carboxylic acid groups (broad SMARTS) is 1. The first-order chi connectivity index (χ1) is 9.56. The van der Waals surface area contributed by atoms with Gasteiger partial charge in [0.2, 0.25) is 0 Å². The summed E-state index contributed by atoms with van der Waals surface area (Å²) >= 11 is 9.34. The summed E-state index contributed by atoms with van der Waals surface area (Å²) in [6, 6.07) is 15.1. The van der Waals surface area contributed by atoms with Gasteiger partial charge < -0.3 is 10.0 Å². The third-order valence-electron chi connectivity index (χ3n) is 2.80. The van der Waals surface area contributed by atoms with Gasteiger partial charge in [0, 0.05) is 16.7 Å². The van der Waals surface area contributed by atoms with Crippen LogP contribution in [0.3, 0.4) is 0 Å². The lowest BCUT2D eigenvalue weighted by molar-refractivity contribution is -0.135. The summed E-state index contributed by atoms with van der Waals surface area (Å²) in [6.45, 7) is 0.455. The molecule has 104 valence electrons. The molecule has 20 heavy (non-hydrogen) atoms. The number of carbonyl (C=O) groups is 1. The molecule has 1 N–H and O–H groups in total. The van der Waals surface area contributed by atoms with Crippen molar-refractivity contribution in [2.75, 3.05) is 11.4 Å². The molecule has 0 unspecified atom stereocenters. The summed E-state index contributed by atoms with van der Waals surface area (Å²) in [5.41, 5.74) is 1.87. The maximum Gasteiger partial charge on any atom is 0.323 e. The van der Waals surface area contributed by atoms with Crippen LogP contribution in [0.2, 0.25) is 5.02 Å². The van der Waals surface area contributed by atoms with E-state index in [1.165, 1.54) is 0 Å². The van der Waals surface area contributed by atoms with Gasteiger partial charge in [0.1, 0.15) is 6.54 Å². The Balaban J connectivity index is 2.23. The summed E-state index contributed by atoms with van der Waals surface area (Å²) in [5.74, 6) is -0.859. The molecule has 0 aliphatic rings.